The second-order valence-electron chi connectivity index (χ2n) is 5.59. The van der Waals surface area contributed by atoms with Gasteiger partial charge in [0.05, 0.1) is 20.3 Å². The fourth-order valence-electron chi connectivity index (χ4n) is 2.64. The van der Waals surface area contributed by atoms with Crippen molar-refractivity contribution >= 4 is 23.0 Å². The van der Waals surface area contributed by atoms with Crippen LogP contribution in [-0.2, 0) is 9.47 Å². The molecule has 2 N–H and O–H groups in total. The van der Waals surface area contributed by atoms with Crippen molar-refractivity contribution in [3.8, 4) is 16.9 Å². The van der Waals surface area contributed by atoms with Crippen molar-refractivity contribution in [2.75, 3.05) is 58.3 Å². The Bertz CT molecular complexity index is 686. The molecule has 0 heterocycles. The van der Waals surface area contributed by atoms with Gasteiger partial charge in [-0.05, 0) is 36.4 Å². The van der Waals surface area contributed by atoms with Crippen molar-refractivity contribution in [3.63, 3.8) is 0 Å². The Kier molecular flexibility index (Phi) is 7.37. The molecule has 0 fully saturated rings. The van der Waals surface area contributed by atoms with Crippen LogP contribution in [0.4, 0.5) is 11.4 Å². The lowest BCUT2D eigenvalue weighted by atomic mass is 10.0. The lowest BCUT2D eigenvalue weighted by Crippen LogP contribution is -2.30. The maximum absolute atomic E-state index is 6.23. The first-order chi connectivity index (χ1) is 12.1. The molecule has 0 bridgehead atoms. The number of hydrogen-bond acceptors (Lipinski definition) is 5. The van der Waals surface area contributed by atoms with E-state index < -0.39 is 0 Å². The van der Waals surface area contributed by atoms with Crippen molar-refractivity contribution in [2.24, 2.45) is 0 Å². The normalized spacial score (nSPS) is 10.7. The molecule has 0 aliphatic heterocycles. The molecule has 0 atom stereocenters. The maximum atomic E-state index is 6.23. The highest BCUT2D eigenvalue weighted by Gasteiger charge is 2.13. The number of ether oxygens (including phenoxy) is 3. The van der Waals surface area contributed by atoms with Crippen LogP contribution in [0.2, 0.25) is 5.02 Å². The number of benzene rings is 2. The lowest BCUT2D eigenvalue weighted by molar-refractivity contribution is 0.190. The quantitative estimate of drug-likeness (QED) is 0.687. The summed E-state index contributed by atoms with van der Waals surface area (Å²) in [6.07, 6.45) is 0. The van der Waals surface area contributed by atoms with Gasteiger partial charge in [0.25, 0.3) is 0 Å². The smallest absolute Gasteiger partial charge is 0.126 e. The summed E-state index contributed by atoms with van der Waals surface area (Å²) >= 11 is 6.18. The first-order valence-corrected chi connectivity index (χ1v) is 8.44. The molecule has 0 aromatic heterocycles. The van der Waals surface area contributed by atoms with E-state index in [1.165, 1.54) is 0 Å². The minimum atomic E-state index is 0.629. The highest BCUT2D eigenvalue weighted by Crippen LogP contribution is 2.37. The number of rotatable bonds is 9. The van der Waals surface area contributed by atoms with Gasteiger partial charge in [0.2, 0.25) is 0 Å². The summed E-state index contributed by atoms with van der Waals surface area (Å²) in [5.41, 5.74) is 9.69. The molecule has 0 unspecified atom stereocenters. The van der Waals surface area contributed by atoms with E-state index in [0.717, 1.165) is 35.7 Å². The first-order valence-electron chi connectivity index (χ1n) is 8.07. The van der Waals surface area contributed by atoms with E-state index in [9.17, 15) is 0 Å². The third-order valence-corrected chi connectivity index (χ3v) is 4.22. The highest BCUT2D eigenvalue weighted by molar-refractivity contribution is 6.31. The molecule has 5 nitrogen and oxygen atoms in total. The van der Waals surface area contributed by atoms with E-state index in [1.54, 1.807) is 27.4 Å². The zero-order chi connectivity index (χ0) is 18.2. The molecule has 2 rings (SSSR count). The van der Waals surface area contributed by atoms with Crippen LogP contribution < -0.4 is 15.4 Å². The fraction of sp³-hybridized carbons (Fsp3) is 0.368. The molecule has 0 amide bonds. The Morgan fingerprint density at radius 1 is 0.920 bits per heavy atom. The molecular formula is C19H25ClN2O3. The van der Waals surface area contributed by atoms with Gasteiger partial charge in [-0.25, -0.2) is 0 Å². The Morgan fingerprint density at radius 3 is 2.20 bits per heavy atom. The molecular weight excluding hydrogens is 340 g/mol. The van der Waals surface area contributed by atoms with Crippen LogP contribution in [0.3, 0.4) is 0 Å². The predicted octanol–water partition coefficient (Wildman–Crippen LogP) is 3.70. The van der Waals surface area contributed by atoms with Crippen molar-refractivity contribution in [1.29, 1.82) is 0 Å². The van der Waals surface area contributed by atoms with Crippen molar-refractivity contribution < 1.29 is 14.2 Å². The highest BCUT2D eigenvalue weighted by atomic mass is 35.5. The van der Waals surface area contributed by atoms with Crippen LogP contribution in [-0.4, -0.2) is 47.6 Å². The number of hydrogen-bond donors (Lipinski definition) is 1. The van der Waals surface area contributed by atoms with E-state index in [1.807, 2.05) is 24.3 Å². The molecule has 0 saturated heterocycles. The average molecular weight is 365 g/mol. The van der Waals surface area contributed by atoms with Gasteiger partial charge in [-0.2, -0.15) is 0 Å². The Hall–Kier alpha value is -1.95. The van der Waals surface area contributed by atoms with Gasteiger partial charge in [-0.1, -0.05) is 11.6 Å². The summed E-state index contributed by atoms with van der Waals surface area (Å²) in [6, 6.07) is 11.5. The molecule has 0 radical (unpaired) electrons. The van der Waals surface area contributed by atoms with Crippen LogP contribution in [0.1, 0.15) is 0 Å². The van der Waals surface area contributed by atoms with E-state index in [2.05, 4.69) is 11.0 Å². The molecule has 136 valence electrons. The summed E-state index contributed by atoms with van der Waals surface area (Å²) in [6.45, 7) is 2.78. The van der Waals surface area contributed by atoms with Gasteiger partial charge in [0, 0.05) is 54.8 Å². The number of halogens is 1. The molecule has 0 saturated carbocycles. The van der Waals surface area contributed by atoms with Crippen molar-refractivity contribution in [2.45, 2.75) is 0 Å². The van der Waals surface area contributed by atoms with E-state index in [4.69, 9.17) is 31.5 Å². The minimum Gasteiger partial charge on any atom is -0.496 e. The predicted molar refractivity (Wildman–Crippen MR) is 104 cm³/mol. The van der Waals surface area contributed by atoms with Gasteiger partial charge >= 0.3 is 0 Å². The molecule has 2 aromatic carbocycles. The second kappa shape index (κ2) is 9.51. The topological polar surface area (TPSA) is 57.0 Å². The average Bonchev–Trinajstić information content (AvgIpc) is 2.62. The van der Waals surface area contributed by atoms with Crippen LogP contribution in [0.5, 0.6) is 5.75 Å². The summed E-state index contributed by atoms with van der Waals surface area (Å²) in [4.78, 5) is 2.20. The summed E-state index contributed by atoms with van der Waals surface area (Å²) in [5, 5.41) is 0.635. The first kappa shape index (κ1) is 19.4. The Morgan fingerprint density at radius 2 is 1.60 bits per heavy atom. The number of nitrogens with zero attached hydrogens (tertiary/aromatic N) is 1. The van der Waals surface area contributed by atoms with Gasteiger partial charge < -0.3 is 24.8 Å². The van der Waals surface area contributed by atoms with E-state index in [-0.39, 0.29) is 0 Å². The summed E-state index contributed by atoms with van der Waals surface area (Å²) in [7, 11) is 5.02. The van der Waals surface area contributed by atoms with Crippen LogP contribution in [0, 0.1) is 0 Å². The van der Waals surface area contributed by atoms with Gasteiger partial charge in [-0.3, -0.25) is 0 Å². The summed E-state index contributed by atoms with van der Waals surface area (Å²) < 4.78 is 15.9. The standard InChI is InChI=1S/C19H25ClN2O3/c1-23-10-8-22(9-11-24-2)15-5-6-18(21)16(13-15)17-12-14(20)4-7-19(17)25-3/h4-7,12-13H,8-11,21H2,1-3H3. The monoisotopic (exact) mass is 364 g/mol. The zero-order valence-corrected chi connectivity index (χ0v) is 15.7. The molecule has 0 aliphatic rings. The molecule has 25 heavy (non-hydrogen) atoms. The molecule has 0 spiro atoms. The summed E-state index contributed by atoms with van der Waals surface area (Å²) in [5.74, 6) is 0.730. The van der Waals surface area contributed by atoms with Crippen molar-refractivity contribution in [3.05, 3.63) is 41.4 Å². The Labute approximate surface area is 154 Å². The number of anilines is 2. The second-order valence-corrected chi connectivity index (χ2v) is 6.03. The van der Waals surface area contributed by atoms with Crippen molar-refractivity contribution in [1.82, 2.24) is 0 Å². The third-order valence-electron chi connectivity index (χ3n) is 3.98. The van der Waals surface area contributed by atoms with Gasteiger partial charge in [-0.15, -0.1) is 0 Å². The molecule has 6 heteroatoms. The van der Waals surface area contributed by atoms with Gasteiger partial charge in [0.15, 0.2) is 0 Å². The number of methoxy groups -OCH3 is 3. The molecule has 0 aliphatic carbocycles. The fourth-order valence-corrected chi connectivity index (χ4v) is 2.81. The van der Waals surface area contributed by atoms with E-state index >= 15 is 0 Å². The van der Waals surface area contributed by atoms with E-state index in [0.29, 0.717) is 23.9 Å². The largest absolute Gasteiger partial charge is 0.496 e. The lowest BCUT2D eigenvalue weighted by Gasteiger charge is -2.25. The zero-order valence-electron chi connectivity index (χ0n) is 14.9. The third kappa shape index (κ3) is 5.01. The minimum absolute atomic E-state index is 0.629. The SMILES string of the molecule is COCCN(CCOC)c1ccc(N)c(-c2cc(Cl)ccc2OC)c1. The van der Waals surface area contributed by atoms with Crippen LogP contribution in [0.25, 0.3) is 11.1 Å². The van der Waals surface area contributed by atoms with Crippen LogP contribution in [0.15, 0.2) is 36.4 Å². The Balaban J connectivity index is 2.43. The van der Waals surface area contributed by atoms with Crippen LogP contribution >= 0.6 is 11.6 Å². The van der Waals surface area contributed by atoms with Gasteiger partial charge in [0.1, 0.15) is 5.75 Å². The number of nitrogen functional groups attached to an aromatic ring is 1. The number of nitrogens with two attached hydrogens (primary N) is 1. The molecule has 2 aromatic rings. The maximum Gasteiger partial charge on any atom is 0.126 e.